The van der Waals surface area contributed by atoms with E-state index in [2.05, 4.69) is 25.6 Å². The average Bonchev–Trinajstić information content (AvgIpc) is 2.88. The van der Waals surface area contributed by atoms with Crippen LogP contribution in [0.25, 0.3) is 0 Å². The highest BCUT2D eigenvalue weighted by Crippen LogP contribution is 1.99. The van der Waals surface area contributed by atoms with Crippen molar-refractivity contribution >= 4 is 18.1 Å². The maximum atomic E-state index is 11.5. The van der Waals surface area contributed by atoms with Gasteiger partial charge in [-0.05, 0) is 17.1 Å². The Morgan fingerprint density at radius 1 is 1.50 bits per heavy atom. The fourth-order valence-electron chi connectivity index (χ4n) is 1.25. The van der Waals surface area contributed by atoms with Gasteiger partial charge in [-0.2, -0.15) is 9.78 Å². The molecule has 0 fully saturated rings. The van der Waals surface area contributed by atoms with Gasteiger partial charge in [-0.15, -0.1) is 0 Å². The van der Waals surface area contributed by atoms with Crippen molar-refractivity contribution in [2.75, 3.05) is 0 Å². The van der Waals surface area contributed by atoms with Gasteiger partial charge in [0.15, 0.2) is 0 Å². The molecule has 0 atom stereocenters. The van der Waals surface area contributed by atoms with Crippen molar-refractivity contribution in [2.24, 2.45) is 5.10 Å². The summed E-state index contributed by atoms with van der Waals surface area (Å²) in [4.78, 5) is 28.5. The first-order valence-electron chi connectivity index (χ1n) is 5.42. The first-order valence-corrected chi connectivity index (χ1v) is 5.42. The van der Waals surface area contributed by atoms with Gasteiger partial charge in [-0.1, -0.05) is 11.1 Å². The van der Waals surface area contributed by atoms with Crippen LogP contribution < -0.4 is 5.43 Å². The largest absolute Gasteiger partial charge is 0.490 e. The SMILES string of the molecule is O=C(Cn1cnc([N+](=O)[O-])n1)NN=Cc1ccccn1. The number of hydrogen-bond donors (Lipinski definition) is 1. The van der Waals surface area contributed by atoms with E-state index in [-0.39, 0.29) is 6.54 Å². The van der Waals surface area contributed by atoms with Gasteiger partial charge in [-0.25, -0.2) is 5.43 Å². The minimum absolute atomic E-state index is 0.222. The second-order valence-electron chi connectivity index (χ2n) is 3.55. The van der Waals surface area contributed by atoms with Crippen molar-refractivity contribution in [3.8, 4) is 0 Å². The Kier molecular flexibility index (Phi) is 4.07. The molecule has 1 amide bonds. The second-order valence-corrected chi connectivity index (χ2v) is 3.55. The van der Waals surface area contributed by atoms with Crippen LogP contribution in [0.4, 0.5) is 5.95 Å². The van der Waals surface area contributed by atoms with Gasteiger partial charge in [-0.3, -0.25) is 9.78 Å². The first kappa shape index (κ1) is 13.3. The Hall–Kier alpha value is -3.17. The average molecular weight is 275 g/mol. The fourth-order valence-corrected chi connectivity index (χ4v) is 1.25. The zero-order valence-corrected chi connectivity index (χ0v) is 10.1. The molecule has 0 bridgehead atoms. The summed E-state index contributed by atoms with van der Waals surface area (Å²) < 4.78 is 1.05. The Morgan fingerprint density at radius 3 is 3.00 bits per heavy atom. The van der Waals surface area contributed by atoms with Crippen LogP contribution in [-0.2, 0) is 11.3 Å². The molecule has 0 saturated carbocycles. The molecular weight excluding hydrogens is 266 g/mol. The van der Waals surface area contributed by atoms with Gasteiger partial charge >= 0.3 is 5.95 Å². The number of pyridine rings is 1. The minimum Gasteiger partial charge on any atom is -0.390 e. The summed E-state index contributed by atoms with van der Waals surface area (Å²) in [6.45, 7) is -0.222. The molecule has 0 radical (unpaired) electrons. The van der Waals surface area contributed by atoms with Gasteiger partial charge in [0.25, 0.3) is 5.91 Å². The van der Waals surface area contributed by atoms with E-state index in [4.69, 9.17) is 0 Å². The Morgan fingerprint density at radius 2 is 2.35 bits per heavy atom. The number of nitrogens with zero attached hydrogens (tertiary/aromatic N) is 6. The minimum atomic E-state index is -0.742. The Balaban J connectivity index is 1.86. The molecule has 0 aliphatic heterocycles. The van der Waals surface area contributed by atoms with Crippen molar-refractivity contribution in [2.45, 2.75) is 6.54 Å². The highest BCUT2D eigenvalue weighted by Gasteiger charge is 2.14. The summed E-state index contributed by atoms with van der Waals surface area (Å²) in [5.41, 5.74) is 2.84. The monoisotopic (exact) mass is 275 g/mol. The van der Waals surface area contributed by atoms with Crippen molar-refractivity contribution in [3.63, 3.8) is 0 Å². The predicted octanol–water partition coefficient (Wildman–Crippen LogP) is -0.268. The van der Waals surface area contributed by atoms with Crippen LogP contribution in [0, 0.1) is 10.1 Å². The number of hydrazone groups is 1. The number of amides is 1. The number of carbonyl (C=O) groups is 1. The van der Waals surface area contributed by atoms with E-state index < -0.39 is 16.8 Å². The maximum Gasteiger partial charge on any atom is 0.490 e. The highest BCUT2D eigenvalue weighted by atomic mass is 16.6. The van der Waals surface area contributed by atoms with E-state index in [0.717, 1.165) is 11.0 Å². The molecule has 20 heavy (non-hydrogen) atoms. The predicted molar refractivity (Wildman–Crippen MR) is 66.7 cm³/mol. The molecule has 10 heteroatoms. The third kappa shape index (κ3) is 3.66. The third-order valence-electron chi connectivity index (χ3n) is 2.07. The van der Waals surface area contributed by atoms with Crippen LogP contribution in [0.1, 0.15) is 5.69 Å². The lowest BCUT2D eigenvalue weighted by atomic mass is 10.4. The van der Waals surface area contributed by atoms with E-state index in [1.54, 1.807) is 24.4 Å². The lowest BCUT2D eigenvalue weighted by Crippen LogP contribution is -2.23. The molecular formula is C10H9N7O3. The van der Waals surface area contributed by atoms with Crippen LogP contribution in [0.5, 0.6) is 0 Å². The summed E-state index contributed by atoms with van der Waals surface area (Å²) in [5.74, 6) is -1.05. The van der Waals surface area contributed by atoms with Gasteiger partial charge in [0, 0.05) is 11.3 Å². The van der Waals surface area contributed by atoms with Gasteiger partial charge < -0.3 is 10.1 Å². The molecule has 10 nitrogen and oxygen atoms in total. The van der Waals surface area contributed by atoms with Crippen molar-refractivity contribution in [3.05, 3.63) is 46.5 Å². The molecule has 2 heterocycles. The van der Waals surface area contributed by atoms with E-state index >= 15 is 0 Å². The molecule has 2 rings (SSSR count). The topological polar surface area (TPSA) is 128 Å². The van der Waals surface area contributed by atoms with Crippen LogP contribution in [0.3, 0.4) is 0 Å². The molecule has 2 aromatic heterocycles. The number of carbonyl (C=O) groups excluding carboxylic acids is 1. The molecule has 1 N–H and O–H groups in total. The maximum absolute atomic E-state index is 11.5. The van der Waals surface area contributed by atoms with E-state index in [1.807, 2.05) is 0 Å². The lowest BCUT2D eigenvalue weighted by molar-refractivity contribution is -0.394. The standard InChI is InChI=1S/C10H9N7O3/c18-9(6-16-7-12-10(15-16)17(19)20)14-13-5-8-3-1-2-4-11-8/h1-5,7H,6H2,(H,14,18). The van der Waals surface area contributed by atoms with Crippen LogP contribution in [0.2, 0.25) is 0 Å². The lowest BCUT2D eigenvalue weighted by Gasteiger charge is -1.96. The smallest absolute Gasteiger partial charge is 0.390 e. The molecule has 2 aromatic rings. The van der Waals surface area contributed by atoms with Crippen LogP contribution >= 0.6 is 0 Å². The summed E-state index contributed by atoms with van der Waals surface area (Å²) in [5, 5.41) is 17.6. The quantitative estimate of drug-likeness (QED) is 0.454. The van der Waals surface area contributed by atoms with E-state index in [1.165, 1.54) is 6.21 Å². The number of nitro groups is 1. The summed E-state index contributed by atoms with van der Waals surface area (Å²) in [6, 6.07) is 5.26. The molecule has 0 unspecified atom stereocenters. The zero-order chi connectivity index (χ0) is 14.4. The number of nitrogens with one attached hydrogen (secondary N) is 1. The fraction of sp³-hybridized carbons (Fsp3) is 0.100. The molecule has 0 saturated heterocycles. The summed E-state index contributed by atoms with van der Waals surface area (Å²) in [6.07, 6.45) is 4.07. The molecule has 0 aromatic carbocycles. The van der Waals surface area contributed by atoms with E-state index in [0.29, 0.717) is 5.69 Å². The van der Waals surface area contributed by atoms with Crippen molar-refractivity contribution < 1.29 is 9.72 Å². The zero-order valence-electron chi connectivity index (χ0n) is 10.1. The summed E-state index contributed by atoms with van der Waals surface area (Å²) in [7, 11) is 0. The van der Waals surface area contributed by atoms with Crippen molar-refractivity contribution in [1.82, 2.24) is 25.2 Å². The van der Waals surface area contributed by atoms with Crippen LogP contribution in [-0.4, -0.2) is 36.8 Å². The highest BCUT2D eigenvalue weighted by molar-refractivity contribution is 5.80. The van der Waals surface area contributed by atoms with E-state index in [9.17, 15) is 14.9 Å². The number of rotatable bonds is 5. The first-order chi connectivity index (χ1) is 9.65. The van der Waals surface area contributed by atoms with Crippen LogP contribution in [0.15, 0.2) is 35.8 Å². The summed E-state index contributed by atoms with van der Waals surface area (Å²) >= 11 is 0. The Labute approximate surface area is 112 Å². The molecule has 0 aliphatic carbocycles. The number of hydrogen-bond acceptors (Lipinski definition) is 7. The van der Waals surface area contributed by atoms with Gasteiger partial charge in [0.2, 0.25) is 6.33 Å². The molecule has 0 aliphatic rings. The third-order valence-corrected chi connectivity index (χ3v) is 2.07. The Bertz CT molecular complexity index is 637. The van der Waals surface area contributed by atoms with Gasteiger partial charge in [0.1, 0.15) is 6.54 Å². The van der Waals surface area contributed by atoms with Gasteiger partial charge in [0.05, 0.1) is 11.9 Å². The normalized spacial score (nSPS) is 10.6. The number of aromatic nitrogens is 4. The second kappa shape index (κ2) is 6.13. The molecule has 0 spiro atoms. The molecule has 102 valence electrons. The van der Waals surface area contributed by atoms with Crippen molar-refractivity contribution in [1.29, 1.82) is 0 Å².